The van der Waals surface area contributed by atoms with Gasteiger partial charge in [0.25, 0.3) is 0 Å². The molecule has 1 aromatic rings. The van der Waals surface area contributed by atoms with E-state index in [0.29, 0.717) is 6.07 Å². The summed E-state index contributed by atoms with van der Waals surface area (Å²) < 4.78 is 36.1. The summed E-state index contributed by atoms with van der Waals surface area (Å²) in [6, 6.07) is 1.24. The van der Waals surface area contributed by atoms with Gasteiger partial charge >= 0.3 is 5.69 Å². The third-order valence-corrected chi connectivity index (χ3v) is 2.22. The average Bonchev–Trinajstić information content (AvgIpc) is 2.32. The monoisotopic (exact) mass is 262 g/mol. The van der Waals surface area contributed by atoms with Crippen LogP contribution >= 0.6 is 0 Å². The van der Waals surface area contributed by atoms with Gasteiger partial charge in [-0.3, -0.25) is 10.1 Å². The maximum absolute atomic E-state index is 13.3. The van der Waals surface area contributed by atoms with Crippen LogP contribution in [0.3, 0.4) is 0 Å². The molecule has 1 rings (SSSR count). The van der Waals surface area contributed by atoms with Crippen molar-refractivity contribution in [2.45, 2.75) is 6.29 Å². The van der Waals surface area contributed by atoms with Crippen LogP contribution in [0.5, 0.6) is 0 Å². The molecular formula is C10H12F2N2O4. The summed E-state index contributed by atoms with van der Waals surface area (Å²) >= 11 is 0. The molecule has 0 aliphatic carbocycles. The SMILES string of the molecule is COC(CNc1cc([N+](=O)[O-])c(F)cc1F)OC. The molecule has 0 spiro atoms. The minimum absolute atomic E-state index is 0.0622. The number of anilines is 1. The van der Waals surface area contributed by atoms with Crippen molar-refractivity contribution in [3.05, 3.63) is 33.9 Å². The van der Waals surface area contributed by atoms with Crippen molar-refractivity contribution < 1.29 is 23.2 Å². The lowest BCUT2D eigenvalue weighted by Gasteiger charge is -2.15. The zero-order chi connectivity index (χ0) is 13.7. The van der Waals surface area contributed by atoms with Gasteiger partial charge in [-0.25, -0.2) is 4.39 Å². The minimum atomic E-state index is -1.22. The highest BCUT2D eigenvalue weighted by Gasteiger charge is 2.19. The fourth-order valence-electron chi connectivity index (χ4n) is 1.27. The molecule has 0 saturated heterocycles. The van der Waals surface area contributed by atoms with Gasteiger partial charge in [0.2, 0.25) is 5.82 Å². The van der Waals surface area contributed by atoms with Gasteiger partial charge < -0.3 is 14.8 Å². The molecule has 18 heavy (non-hydrogen) atoms. The summed E-state index contributed by atoms with van der Waals surface area (Å²) in [5, 5.41) is 13.0. The van der Waals surface area contributed by atoms with E-state index in [9.17, 15) is 18.9 Å². The van der Waals surface area contributed by atoms with Crippen molar-refractivity contribution >= 4 is 11.4 Å². The van der Waals surface area contributed by atoms with Crippen molar-refractivity contribution in [2.75, 3.05) is 26.1 Å². The van der Waals surface area contributed by atoms with Gasteiger partial charge in [-0.2, -0.15) is 4.39 Å². The Hall–Kier alpha value is -1.80. The van der Waals surface area contributed by atoms with Crippen LogP contribution in [0.2, 0.25) is 0 Å². The topological polar surface area (TPSA) is 73.6 Å². The van der Waals surface area contributed by atoms with Crippen LogP contribution in [0, 0.1) is 21.7 Å². The molecule has 0 amide bonds. The van der Waals surface area contributed by atoms with E-state index in [-0.39, 0.29) is 12.2 Å². The van der Waals surface area contributed by atoms with E-state index in [1.807, 2.05) is 0 Å². The standard InChI is InChI=1S/C10H12F2N2O4/c1-17-10(18-2)5-13-8-4-9(14(15)16)7(12)3-6(8)11/h3-4,10,13H,5H2,1-2H3. The first-order chi connectivity index (χ1) is 8.49. The molecule has 6 nitrogen and oxygen atoms in total. The minimum Gasteiger partial charge on any atom is -0.377 e. The van der Waals surface area contributed by atoms with E-state index in [1.54, 1.807) is 0 Å². The van der Waals surface area contributed by atoms with Gasteiger partial charge in [0.15, 0.2) is 6.29 Å². The van der Waals surface area contributed by atoms with Gasteiger partial charge in [-0.15, -0.1) is 0 Å². The van der Waals surface area contributed by atoms with Crippen LogP contribution in [0.25, 0.3) is 0 Å². The summed E-state index contributed by atoms with van der Waals surface area (Å²) in [4.78, 5) is 9.58. The zero-order valence-electron chi connectivity index (χ0n) is 9.78. The molecule has 0 aromatic heterocycles. The Bertz CT molecular complexity index is 438. The summed E-state index contributed by atoms with van der Waals surface area (Å²) in [7, 11) is 2.78. The molecule has 0 saturated carbocycles. The molecule has 0 aliphatic heterocycles. The summed E-state index contributed by atoms with van der Waals surface area (Å²) in [6.45, 7) is 0.0622. The summed E-state index contributed by atoms with van der Waals surface area (Å²) in [5.41, 5.74) is -0.993. The van der Waals surface area contributed by atoms with E-state index in [0.717, 1.165) is 6.07 Å². The smallest absolute Gasteiger partial charge is 0.307 e. The number of nitro benzene ring substituents is 1. The number of rotatable bonds is 6. The summed E-state index contributed by atoms with van der Waals surface area (Å²) in [6.07, 6.45) is -0.645. The lowest BCUT2D eigenvalue weighted by Crippen LogP contribution is -2.24. The van der Waals surface area contributed by atoms with Crippen LogP contribution in [0.4, 0.5) is 20.2 Å². The number of ether oxygens (including phenoxy) is 2. The Morgan fingerprint density at radius 2 is 1.94 bits per heavy atom. The van der Waals surface area contributed by atoms with E-state index in [2.05, 4.69) is 5.32 Å². The zero-order valence-corrected chi connectivity index (χ0v) is 9.78. The molecule has 8 heteroatoms. The number of methoxy groups -OCH3 is 2. The van der Waals surface area contributed by atoms with Gasteiger partial charge in [-0.1, -0.05) is 0 Å². The number of hydrogen-bond acceptors (Lipinski definition) is 5. The fourth-order valence-corrected chi connectivity index (χ4v) is 1.27. The predicted molar refractivity (Wildman–Crippen MR) is 59.3 cm³/mol. The Morgan fingerprint density at radius 3 is 2.44 bits per heavy atom. The molecule has 1 aromatic carbocycles. The van der Waals surface area contributed by atoms with E-state index < -0.39 is 28.5 Å². The number of nitrogens with one attached hydrogen (secondary N) is 1. The Kier molecular flexibility index (Phi) is 4.93. The van der Waals surface area contributed by atoms with Crippen molar-refractivity contribution in [3.8, 4) is 0 Å². The normalized spacial score (nSPS) is 10.7. The molecule has 1 N–H and O–H groups in total. The second-order valence-corrected chi connectivity index (χ2v) is 3.32. The largest absolute Gasteiger partial charge is 0.377 e. The molecule has 0 atom stereocenters. The highest BCUT2D eigenvalue weighted by atomic mass is 19.1. The number of benzene rings is 1. The first-order valence-corrected chi connectivity index (χ1v) is 4.92. The van der Waals surface area contributed by atoms with Crippen LogP contribution in [-0.4, -0.2) is 32.0 Å². The quantitative estimate of drug-likeness (QED) is 0.481. The van der Waals surface area contributed by atoms with Gasteiger partial charge in [0.05, 0.1) is 17.2 Å². The predicted octanol–water partition coefficient (Wildman–Crippen LogP) is 1.90. The van der Waals surface area contributed by atoms with Gasteiger partial charge in [0.1, 0.15) is 5.82 Å². The molecule has 0 aliphatic rings. The number of nitro groups is 1. The van der Waals surface area contributed by atoms with Crippen LogP contribution in [0.1, 0.15) is 0 Å². The average molecular weight is 262 g/mol. The first-order valence-electron chi connectivity index (χ1n) is 4.92. The third kappa shape index (κ3) is 3.34. The van der Waals surface area contributed by atoms with E-state index in [4.69, 9.17) is 9.47 Å². The highest BCUT2D eigenvalue weighted by molar-refractivity contribution is 5.53. The molecule has 0 unspecified atom stereocenters. The van der Waals surface area contributed by atoms with Crippen molar-refractivity contribution in [1.29, 1.82) is 0 Å². The lowest BCUT2D eigenvalue weighted by atomic mass is 10.2. The Balaban J connectivity index is 2.88. The van der Waals surface area contributed by atoms with Crippen LogP contribution < -0.4 is 5.32 Å². The second-order valence-electron chi connectivity index (χ2n) is 3.32. The Labute approximate surface area is 102 Å². The molecular weight excluding hydrogens is 250 g/mol. The molecule has 0 radical (unpaired) electrons. The van der Waals surface area contributed by atoms with Crippen molar-refractivity contribution in [1.82, 2.24) is 0 Å². The van der Waals surface area contributed by atoms with Gasteiger partial charge in [-0.05, 0) is 0 Å². The van der Waals surface area contributed by atoms with Gasteiger partial charge in [0, 0.05) is 26.4 Å². The van der Waals surface area contributed by atoms with Crippen molar-refractivity contribution in [2.24, 2.45) is 0 Å². The molecule has 0 bridgehead atoms. The number of nitrogens with zero attached hydrogens (tertiary/aromatic N) is 1. The van der Waals surface area contributed by atoms with E-state index >= 15 is 0 Å². The fraction of sp³-hybridized carbons (Fsp3) is 0.400. The number of halogens is 2. The highest BCUT2D eigenvalue weighted by Crippen LogP contribution is 2.25. The van der Waals surface area contributed by atoms with Crippen LogP contribution in [-0.2, 0) is 9.47 Å². The van der Waals surface area contributed by atoms with E-state index in [1.165, 1.54) is 14.2 Å². The molecule has 100 valence electrons. The van der Waals surface area contributed by atoms with Crippen molar-refractivity contribution in [3.63, 3.8) is 0 Å². The maximum Gasteiger partial charge on any atom is 0.307 e. The third-order valence-electron chi connectivity index (χ3n) is 2.22. The first kappa shape index (κ1) is 14.3. The maximum atomic E-state index is 13.3. The molecule has 0 heterocycles. The summed E-state index contributed by atoms with van der Waals surface area (Å²) in [5.74, 6) is -2.15. The van der Waals surface area contributed by atoms with Crippen LogP contribution in [0.15, 0.2) is 12.1 Å². The molecule has 0 fully saturated rings. The lowest BCUT2D eigenvalue weighted by molar-refractivity contribution is -0.387. The Morgan fingerprint density at radius 1 is 1.33 bits per heavy atom. The second kappa shape index (κ2) is 6.22. The number of hydrogen-bond donors (Lipinski definition) is 1.